The number of morpholine rings is 1. The van der Waals surface area contributed by atoms with Crippen molar-refractivity contribution in [2.45, 2.75) is 44.2 Å². The number of rotatable bonds is 5. The van der Waals surface area contributed by atoms with Crippen molar-refractivity contribution in [1.29, 1.82) is 0 Å². The largest absolute Gasteiger partial charge is 0.468 e. The molecule has 0 amide bonds. The van der Waals surface area contributed by atoms with Gasteiger partial charge in [0, 0.05) is 25.0 Å². The lowest BCUT2D eigenvalue weighted by atomic mass is 10.1. The minimum Gasteiger partial charge on any atom is -0.468 e. The van der Waals surface area contributed by atoms with Gasteiger partial charge in [-0.3, -0.25) is 9.88 Å². The Morgan fingerprint density at radius 3 is 2.96 bits per heavy atom. The predicted octanol–water partition coefficient (Wildman–Crippen LogP) is 2.62. The summed E-state index contributed by atoms with van der Waals surface area (Å²) < 4.78 is 17.7. The molecule has 3 atom stereocenters. The molecule has 2 aromatic rings. The van der Waals surface area contributed by atoms with Crippen LogP contribution in [0.3, 0.4) is 0 Å². The van der Waals surface area contributed by atoms with E-state index in [1.807, 2.05) is 24.3 Å². The van der Waals surface area contributed by atoms with Crippen molar-refractivity contribution in [2.24, 2.45) is 0 Å². The smallest absolute Gasteiger partial charge is 0.117 e. The second kappa shape index (κ2) is 6.83. The Morgan fingerprint density at radius 1 is 1.22 bits per heavy atom. The van der Waals surface area contributed by atoms with Crippen LogP contribution < -0.4 is 0 Å². The Labute approximate surface area is 136 Å². The van der Waals surface area contributed by atoms with E-state index in [1.165, 1.54) is 0 Å². The van der Waals surface area contributed by atoms with E-state index in [0.29, 0.717) is 12.6 Å². The number of hydrogen-bond donors (Lipinski definition) is 0. The zero-order chi connectivity index (χ0) is 15.5. The highest BCUT2D eigenvalue weighted by molar-refractivity contribution is 5.08. The first-order valence-electron chi connectivity index (χ1n) is 8.29. The second-order valence-corrected chi connectivity index (χ2v) is 6.23. The fraction of sp³-hybridized carbons (Fsp3) is 0.500. The van der Waals surface area contributed by atoms with Crippen LogP contribution in [0.5, 0.6) is 0 Å². The van der Waals surface area contributed by atoms with Crippen LogP contribution in [0.25, 0.3) is 0 Å². The molecule has 2 fully saturated rings. The summed E-state index contributed by atoms with van der Waals surface area (Å²) in [6.45, 7) is 3.20. The van der Waals surface area contributed by atoms with E-state index in [0.717, 1.165) is 43.9 Å². The fourth-order valence-corrected chi connectivity index (χ4v) is 3.65. The summed E-state index contributed by atoms with van der Waals surface area (Å²) >= 11 is 0. The predicted molar refractivity (Wildman–Crippen MR) is 84.7 cm³/mol. The van der Waals surface area contributed by atoms with E-state index in [9.17, 15) is 0 Å². The van der Waals surface area contributed by atoms with Gasteiger partial charge < -0.3 is 13.9 Å². The van der Waals surface area contributed by atoms with Gasteiger partial charge in [-0.15, -0.1) is 0 Å². The van der Waals surface area contributed by atoms with Crippen molar-refractivity contribution in [3.63, 3.8) is 0 Å². The molecule has 5 nitrogen and oxygen atoms in total. The number of ether oxygens (including phenoxy) is 2. The molecule has 2 aromatic heterocycles. The maximum absolute atomic E-state index is 6.14. The monoisotopic (exact) mass is 314 g/mol. The maximum atomic E-state index is 6.14. The molecule has 0 aromatic carbocycles. The van der Waals surface area contributed by atoms with E-state index in [4.69, 9.17) is 13.9 Å². The Kier molecular flexibility index (Phi) is 4.41. The van der Waals surface area contributed by atoms with Crippen molar-refractivity contribution in [3.05, 3.63) is 54.2 Å². The summed E-state index contributed by atoms with van der Waals surface area (Å²) in [5.41, 5.74) is 1.16. The quantitative estimate of drug-likeness (QED) is 0.849. The molecule has 0 bridgehead atoms. The molecule has 0 unspecified atom stereocenters. The molecule has 23 heavy (non-hydrogen) atoms. The average Bonchev–Trinajstić information content (AvgIpc) is 3.24. The minimum atomic E-state index is 0.167. The van der Waals surface area contributed by atoms with Gasteiger partial charge in [0.05, 0.1) is 38.2 Å². The van der Waals surface area contributed by atoms with Gasteiger partial charge in [-0.25, -0.2) is 0 Å². The molecule has 2 aliphatic rings. The highest BCUT2D eigenvalue weighted by Gasteiger charge is 2.43. The van der Waals surface area contributed by atoms with E-state index >= 15 is 0 Å². The number of hydrogen-bond acceptors (Lipinski definition) is 5. The van der Waals surface area contributed by atoms with Gasteiger partial charge in [-0.05, 0) is 42.7 Å². The highest BCUT2D eigenvalue weighted by Crippen LogP contribution is 2.33. The zero-order valence-electron chi connectivity index (χ0n) is 13.1. The first-order chi connectivity index (χ1) is 11.4. The lowest BCUT2D eigenvalue weighted by Crippen LogP contribution is -2.51. The summed E-state index contributed by atoms with van der Waals surface area (Å²) in [6.07, 6.45) is 7.86. The van der Waals surface area contributed by atoms with Crippen molar-refractivity contribution >= 4 is 0 Å². The third-order valence-corrected chi connectivity index (χ3v) is 4.80. The molecule has 1 saturated carbocycles. The Morgan fingerprint density at radius 2 is 2.13 bits per heavy atom. The van der Waals surface area contributed by atoms with Gasteiger partial charge >= 0.3 is 0 Å². The molecular weight excluding hydrogens is 292 g/mol. The summed E-state index contributed by atoms with van der Waals surface area (Å²) in [5.74, 6) is 1.02. The number of nitrogens with zero attached hydrogens (tertiary/aromatic N) is 2. The summed E-state index contributed by atoms with van der Waals surface area (Å²) in [7, 11) is 0. The standard InChI is InChI=1S/C18H22N2O3/c1-2-15(21-10-1)12-20-9-11-22-18-16(20)3-4-17(18)23-13-14-5-7-19-8-6-14/h1-2,5-8,10,16-18H,3-4,9,11-13H2/t16-,17-,18+/m0/s1. The first kappa shape index (κ1) is 14.9. The van der Waals surface area contributed by atoms with Crippen LogP contribution in [0.2, 0.25) is 0 Å². The summed E-state index contributed by atoms with van der Waals surface area (Å²) in [4.78, 5) is 6.52. The van der Waals surface area contributed by atoms with E-state index < -0.39 is 0 Å². The van der Waals surface area contributed by atoms with Gasteiger partial charge in [-0.1, -0.05) is 0 Å². The van der Waals surface area contributed by atoms with Gasteiger partial charge in [0.1, 0.15) is 5.76 Å². The van der Waals surface area contributed by atoms with Gasteiger partial charge in [-0.2, -0.15) is 0 Å². The summed E-state index contributed by atoms with van der Waals surface area (Å²) in [5, 5.41) is 0. The van der Waals surface area contributed by atoms with Crippen molar-refractivity contribution < 1.29 is 13.9 Å². The number of furan rings is 1. The zero-order valence-corrected chi connectivity index (χ0v) is 13.1. The first-order valence-corrected chi connectivity index (χ1v) is 8.29. The molecule has 1 saturated heterocycles. The molecule has 4 rings (SSSR count). The molecule has 0 radical (unpaired) electrons. The van der Waals surface area contributed by atoms with Crippen LogP contribution >= 0.6 is 0 Å². The molecule has 1 aliphatic carbocycles. The highest BCUT2D eigenvalue weighted by atomic mass is 16.5. The molecule has 0 N–H and O–H groups in total. The SMILES string of the molecule is c1coc(CN2CCO[C@H]3[C@@H](OCc4ccncc4)CC[C@@H]32)c1. The van der Waals surface area contributed by atoms with Gasteiger partial charge in [0.15, 0.2) is 0 Å². The van der Waals surface area contributed by atoms with Crippen LogP contribution in [0.15, 0.2) is 47.3 Å². The topological polar surface area (TPSA) is 47.7 Å². The van der Waals surface area contributed by atoms with E-state index in [1.54, 1.807) is 18.7 Å². The Hall–Kier alpha value is -1.69. The lowest BCUT2D eigenvalue weighted by molar-refractivity contribution is -0.119. The van der Waals surface area contributed by atoms with Crippen LogP contribution in [-0.4, -0.2) is 41.3 Å². The average molecular weight is 314 g/mol. The molecular formula is C18H22N2O3. The third kappa shape index (κ3) is 3.32. The fourth-order valence-electron chi connectivity index (χ4n) is 3.65. The Balaban J connectivity index is 1.37. The van der Waals surface area contributed by atoms with E-state index in [-0.39, 0.29) is 12.2 Å². The van der Waals surface area contributed by atoms with Gasteiger partial charge in [0.2, 0.25) is 0 Å². The number of fused-ring (bicyclic) bond motifs is 1. The Bertz CT molecular complexity index is 602. The van der Waals surface area contributed by atoms with Crippen molar-refractivity contribution in [1.82, 2.24) is 9.88 Å². The van der Waals surface area contributed by atoms with Crippen LogP contribution in [-0.2, 0) is 22.6 Å². The van der Waals surface area contributed by atoms with Crippen LogP contribution in [0, 0.1) is 0 Å². The minimum absolute atomic E-state index is 0.167. The number of pyridine rings is 1. The van der Waals surface area contributed by atoms with Crippen LogP contribution in [0.4, 0.5) is 0 Å². The summed E-state index contributed by atoms with van der Waals surface area (Å²) in [6, 6.07) is 8.41. The molecule has 3 heterocycles. The van der Waals surface area contributed by atoms with Crippen molar-refractivity contribution in [2.75, 3.05) is 13.2 Å². The maximum Gasteiger partial charge on any atom is 0.117 e. The van der Waals surface area contributed by atoms with E-state index in [2.05, 4.69) is 9.88 Å². The normalized spacial score (nSPS) is 27.9. The van der Waals surface area contributed by atoms with Crippen LogP contribution in [0.1, 0.15) is 24.2 Å². The third-order valence-electron chi connectivity index (χ3n) is 4.80. The molecule has 0 spiro atoms. The second-order valence-electron chi connectivity index (χ2n) is 6.23. The number of aromatic nitrogens is 1. The molecule has 5 heteroatoms. The van der Waals surface area contributed by atoms with Crippen molar-refractivity contribution in [3.8, 4) is 0 Å². The van der Waals surface area contributed by atoms with Gasteiger partial charge in [0.25, 0.3) is 0 Å². The molecule has 122 valence electrons. The molecule has 1 aliphatic heterocycles. The lowest BCUT2D eigenvalue weighted by Gasteiger charge is -2.38.